The molecule has 0 saturated carbocycles. The molecule has 0 aromatic carbocycles. The molecule has 0 amide bonds. The van der Waals surface area contributed by atoms with Crippen LogP contribution in [0.15, 0.2) is 12.1 Å². The van der Waals surface area contributed by atoms with Crippen molar-refractivity contribution in [3.05, 3.63) is 22.2 Å². The van der Waals surface area contributed by atoms with Gasteiger partial charge in [0.25, 0.3) is 0 Å². The fourth-order valence-electron chi connectivity index (χ4n) is 1.84. The van der Waals surface area contributed by atoms with E-state index in [1.54, 1.807) is 6.07 Å². The van der Waals surface area contributed by atoms with Gasteiger partial charge in [-0.05, 0) is 6.07 Å². The van der Waals surface area contributed by atoms with Crippen LogP contribution in [0.4, 0.5) is 10.1 Å². The zero-order chi connectivity index (χ0) is 13.2. The predicted molar refractivity (Wildman–Crippen MR) is 75.0 cm³/mol. The molecule has 2 aromatic heterocycles. The van der Waals surface area contributed by atoms with Gasteiger partial charge in [0.1, 0.15) is 0 Å². The van der Waals surface area contributed by atoms with E-state index >= 15 is 0 Å². The van der Waals surface area contributed by atoms with Gasteiger partial charge in [-0.25, -0.2) is 0 Å². The summed E-state index contributed by atoms with van der Waals surface area (Å²) in [6.45, 7) is 3.72. The Kier molecular flexibility index (Phi) is 3.40. The summed E-state index contributed by atoms with van der Waals surface area (Å²) < 4.78 is 0. The second-order valence-electron chi connectivity index (χ2n) is 4.02. The molecule has 3 rings (SSSR count). The molecule has 1 fully saturated rings. The molecule has 100 valence electrons. The van der Waals surface area contributed by atoms with E-state index in [4.69, 9.17) is 0 Å². The summed E-state index contributed by atoms with van der Waals surface area (Å²) in [6, 6.07) is 3.23. The van der Waals surface area contributed by atoms with Crippen LogP contribution in [0.2, 0.25) is 0 Å². The van der Waals surface area contributed by atoms with E-state index in [1.807, 2.05) is 0 Å². The number of nitro groups is 1. The molecule has 0 atom stereocenters. The Morgan fingerprint density at radius 3 is 2.74 bits per heavy atom. The van der Waals surface area contributed by atoms with Crippen molar-refractivity contribution in [3.8, 4) is 9.88 Å². The van der Waals surface area contributed by atoms with Gasteiger partial charge in [0.2, 0.25) is 5.13 Å². The van der Waals surface area contributed by atoms with Crippen LogP contribution < -0.4 is 10.2 Å². The third-order valence-electron chi connectivity index (χ3n) is 2.78. The molecule has 9 heteroatoms. The third kappa shape index (κ3) is 2.57. The maximum absolute atomic E-state index is 10.7. The highest BCUT2D eigenvalue weighted by atomic mass is 32.1. The number of nitrogens with zero attached hydrogens (tertiary/aromatic N) is 4. The fourth-order valence-corrected chi connectivity index (χ4v) is 3.61. The van der Waals surface area contributed by atoms with E-state index in [0.29, 0.717) is 0 Å². The second kappa shape index (κ2) is 5.19. The second-order valence-corrected chi connectivity index (χ2v) is 6.04. The Labute approximate surface area is 117 Å². The first-order chi connectivity index (χ1) is 9.24. The van der Waals surface area contributed by atoms with Gasteiger partial charge in [-0.1, -0.05) is 22.7 Å². The van der Waals surface area contributed by atoms with E-state index in [9.17, 15) is 10.1 Å². The van der Waals surface area contributed by atoms with Crippen LogP contribution in [0.25, 0.3) is 9.88 Å². The molecular formula is C10H11N5O2S2. The number of piperazine rings is 1. The van der Waals surface area contributed by atoms with Crippen molar-refractivity contribution >= 4 is 32.8 Å². The van der Waals surface area contributed by atoms with Crippen LogP contribution in [0.3, 0.4) is 0 Å². The molecule has 1 aliphatic rings. The number of rotatable bonds is 3. The van der Waals surface area contributed by atoms with Crippen LogP contribution in [0, 0.1) is 10.1 Å². The van der Waals surface area contributed by atoms with Crippen LogP contribution in [0.1, 0.15) is 0 Å². The first-order valence-corrected chi connectivity index (χ1v) is 7.41. The van der Waals surface area contributed by atoms with Crippen LogP contribution >= 0.6 is 22.7 Å². The molecule has 1 saturated heterocycles. The molecule has 2 aromatic rings. The topological polar surface area (TPSA) is 84.2 Å². The maximum Gasteiger partial charge on any atom is 0.324 e. The largest absolute Gasteiger partial charge is 0.344 e. The molecule has 0 spiro atoms. The van der Waals surface area contributed by atoms with Gasteiger partial charge in [0, 0.05) is 32.2 Å². The lowest BCUT2D eigenvalue weighted by Gasteiger charge is -2.26. The number of hydrogen-bond acceptors (Lipinski definition) is 8. The van der Waals surface area contributed by atoms with E-state index in [-0.39, 0.29) is 9.92 Å². The normalized spacial score (nSPS) is 15.7. The van der Waals surface area contributed by atoms with Crippen molar-refractivity contribution < 1.29 is 4.92 Å². The molecule has 0 aliphatic carbocycles. The lowest BCUT2D eigenvalue weighted by molar-refractivity contribution is -0.380. The van der Waals surface area contributed by atoms with Gasteiger partial charge in [-0.2, -0.15) is 0 Å². The summed E-state index contributed by atoms with van der Waals surface area (Å²) in [5, 5.41) is 24.0. The van der Waals surface area contributed by atoms with Crippen LogP contribution in [0.5, 0.6) is 0 Å². The van der Waals surface area contributed by atoms with Crippen molar-refractivity contribution in [3.63, 3.8) is 0 Å². The minimum atomic E-state index is -0.383. The zero-order valence-electron chi connectivity index (χ0n) is 9.90. The Balaban J connectivity index is 1.81. The third-order valence-corrected chi connectivity index (χ3v) is 4.97. The van der Waals surface area contributed by atoms with E-state index in [0.717, 1.165) is 52.5 Å². The standard InChI is InChI=1S/C10H11N5O2S2/c16-15(17)8-2-1-7(18-8)9-12-13-10(19-9)14-5-3-11-4-6-14/h1-2,11H,3-6H2. The summed E-state index contributed by atoms with van der Waals surface area (Å²) in [4.78, 5) is 13.3. The first kappa shape index (κ1) is 12.5. The highest BCUT2D eigenvalue weighted by molar-refractivity contribution is 7.24. The lowest BCUT2D eigenvalue weighted by Crippen LogP contribution is -2.43. The molecule has 0 unspecified atom stereocenters. The molecular weight excluding hydrogens is 286 g/mol. The van der Waals surface area contributed by atoms with E-state index in [1.165, 1.54) is 17.4 Å². The van der Waals surface area contributed by atoms with Crippen molar-refractivity contribution in [2.45, 2.75) is 0 Å². The number of aromatic nitrogens is 2. The number of nitrogens with one attached hydrogen (secondary N) is 1. The Bertz CT molecular complexity index is 590. The Hall–Kier alpha value is -1.58. The summed E-state index contributed by atoms with van der Waals surface area (Å²) >= 11 is 2.61. The highest BCUT2D eigenvalue weighted by Crippen LogP contribution is 2.36. The molecule has 7 nitrogen and oxygen atoms in total. The summed E-state index contributed by atoms with van der Waals surface area (Å²) in [5.41, 5.74) is 0. The van der Waals surface area contributed by atoms with Crippen molar-refractivity contribution in [2.24, 2.45) is 0 Å². The van der Waals surface area contributed by atoms with Gasteiger partial charge in [0.05, 0.1) is 9.80 Å². The monoisotopic (exact) mass is 297 g/mol. The fraction of sp³-hybridized carbons (Fsp3) is 0.400. The van der Waals surface area contributed by atoms with Gasteiger partial charge >= 0.3 is 5.00 Å². The van der Waals surface area contributed by atoms with Gasteiger partial charge in [0.15, 0.2) is 5.01 Å². The summed E-state index contributed by atoms with van der Waals surface area (Å²) in [5.74, 6) is 0. The minimum Gasteiger partial charge on any atom is -0.344 e. The van der Waals surface area contributed by atoms with Crippen LogP contribution in [-0.4, -0.2) is 41.3 Å². The number of thiophene rings is 1. The molecule has 19 heavy (non-hydrogen) atoms. The number of hydrogen-bond donors (Lipinski definition) is 1. The summed E-state index contributed by atoms with van der Waals surface area (Å²) in [6.07, 6.45) is 0. The predicted octanol–water partition coefficient (Wildman–Crippen LogP) is 1.58. The first-order valence-electron chi connectivity index (χ1n) is 5.78. The molecule has 3 heterocycles. The lowest BCUT2D eigenvalue weighted by atomic mass is 10.4. The minimum absolute atomic E-state index is 0.133. The number of anilines is 1. The average molecular weight is 297 g/mol. The Morgan fingerprint density at radius 1 is 1.26 bits per heavy atom. The van der Waals surface area contributed by atoms with Crippen molar-refractivity contribution in [1.82, 2.24) is 15.5 Å². The molecule has 0 radical (unpaired) electrons. The average Bonchev–Trinajstić information content (AvgIpc) is 3.09. The van der Waals surface area contributed by atoms with E-state index < -0.39 is 0 Å². The van der Waals surface area contributed by atoms with Gasteiger partial charge in [-0.3, -0.25) is 10.1 Å². The SMILES string of the molecule is O=[N+]([O-])c1ccc(-c2nnc(N3CCNCC3)s2)s1. The molecule has 1 N–H and O–H groups in total. The zero-order valence-corrected chi connectivity index (χ0v) is 11.5. The van der Waals surface area contributed by atoms with Crippen molar-refractivity contribution in [1.29, 1.82) is 0 Å². The smallest absolute Gasteiger partial charge is 0.324 e. The van der Waals surface area contributed by atoms with E-state index in [2.05, 4.69) is 20.4 Å². The molecule has 0 bridgehead atoms. The Morgan fingerprint density at radius 2 is 2.05 bits per heavy atom. The quantitative estimate of drug-likeness (QED) is 0.684. The molecule has 1 aliphatic heterocycles. The summed E-state index contributed by atoms with van der Waals surface area (Å²) in [7, 11) is 0. The van der Waals surface area contributed by atoms with Crippen molar-refractivity contribution in [2.75, 3.05) is 31.1 Å². The van der Waals surface area contributed by atoms with Crippen LogP contribution in [-0.2, 0) is 0 Å². The maximum atomic E-state index is 10.7. The van der Waals surface area contributed by atoms with Gasteiger partial charge in [-0.15, -0.1) is 10.2 Å². The highest BCUT2D eigenvalue weighted by Gasteiger charge is 2.18. The van der Waals surface area contributed by atoms with Gasteiger partial charge < -0.3 is 10.2 Å².